The molecule has 1 aromatic rings. The maximum absolute atomic E-state index is 12.0. The molecule has 23 heavy (non-hydrogen) atoms. The lowest BCUT2D eigenvalue weighted by Gasteiger charge is -2.21. The first-order valence-corrected chi connectivity index (χ1v) is 7.36. The molecule has 7 heteroatoms. The Bertz CT molecular complexity index is 573. The van der Waals surface area contributed by atoms with E-state index in [0.29, 0.717) is 17.9 Å². The molecule has 0 saturated heterocycles. The van der Waals surface area contributed by atoms with Crippen LogP contribution in [-0.2, 0) is 14.4 Å². The van der Waals surface area contributed by atoms with Crippen molar-refractivity contribution in [3.8, 4) is 5.75 Å². The lowest BCUT2D eigenvalue weighted by Crippen LogP contribution is -2.40. The van der Waals surface area contributed by atoms with Crippen LogP contribution in [0.15, 0.2) is 24.3 Å². The molecule has 3 N–H and O–H groups in total. The Labute approximate surface area is 135 Å². The van der Waals surface area contributed by atoms with Crippen molar-refractivity contribution >= 4 is 17.8 Å². The highest BCUT2D eigenvalue weighted by Gasteiger charge is 2.22. The average molecular weight is 322 g/mol. The van der Waals surface area contributed by atoms with E-state index in [1.54, 1.807) is 24.3 Å². The minimum atomic E-state index is -1.12. The summed E-state index contributed by atoms with van der Waals surface area (Å²) >= 11 is 0. The maximum Gasteiger partial charge on any atom is 0.325 e. The van der Waals surface area contributed by atoms with Crippen LogP contribution in [0.5, 0.6) is 5.75 Å². The van der Waals surface area contributed by atoms with Gasteiger partial charge in [0.25, 0.3) is 0 Å². The van der Waals surface area contributed by atoms with Crippen LogP contribution in [0.3, 0.4) is 0 Å². The molecule has 1 rings (SSSR count). The minimum Gasteiger partial charge on any atom is -0.494 e. The SMILES string of the molecule is CCOc1ccccc1C(CC(=O)N[C@@H](C)C(=O)O)NC(C)=O. The Morgan fingerprint density at radius 1 is 1.22 bits per heavy atom. The van der Waals surface area contributed by atoms with Crippen molar-refractivity contribution < 1.29 is 24.2 Å². The second-order valence-electron chi connectivity index (χ2n) is 5.06. The van der Waals surface area contributed by atoms with E-state index in [0.717, 1.165) is 0 Å². The fourth-order valence-electron chi connectivity index (χ4n) is 2.09. The van der Waals surface area contributed by atoms with Crippen LogP contribution >= 0.6 is 0 Å². The van der Waals surface area contributed by atoms with Crippen molar-refractivity contribution in [2.45, 2.75) is 39.3 Å². The first kappa shape index (κ1) is 18.5. The molecule has 0 radical (unpaired) electrons. The molecule has 0 bridgehead atoms. The number of aliphatic carboxylic acids is 1. The molecule has 1 aromatic carbocycles. The number of ether oxygens (including phenoxy) is 1. The zero-order valence-corrected chi connectivity index (χ0v) is 13.5. The number of hydrogen-bond acceptors (Lipinski definition) is 4. The van der Waals surface area contributed by atoms with Crippen LogP contribution < -0.4 is 15.4 Å². The van der Waals surface area contributed by atoms with Gasteiger partial charge in [0.2, 0.25) is 11.8 Å². The van der Waals surface area contributed by atoms with E-state index >= 15 is 0 Å². The largest absolute Gasteiger partial charge is 0.494 e. The number of carbonyl (C=O) groups is 3. The van der Waals surface area contributed by atoms with E-state index in [9.17, 15) is 14.4 Å². The van der Waals surface area contributed by atoms with Gasteiger partial charge in [-0.25, -0.2) is 0 Å². The van der Waals surface area contributed by atoms with Gasteiger partial charge < -0.3 is 20.5 Å². The Morgan fingerprint density at radius 2 is 1.87 bits per heavy atom. The van der Waals surface area contributed by atoms with Gasteiger partial charge in [-0.05, 0) is 19.9 Å². The van der Waals surface area contributed by atoms with Crippen LogP contribution in [-0.4, -0.2) is 35.5 Å². The first-order valence-electron chi connectivity index (χ1n) is 7.36. The van der Waals surface area contributed by atoms with Crippen molar-refractivity contribution in [2.75, 3.05) is 6.61 Å². The summed E-state index contributed by atoms with van der Waals surface area (Å²) < 4.78 is 5.52. The highest BCUT2D eigenvalue weighted by Crippen LogP contribution is 2.27. The summed E-state index contributed by atoms with van der Waals surface area (Å²) in [6.07, 6.45) is -0.0821. The molecule has 1 unspecified atom stereocenters. The molecule has 0 aromatic heterocycles. The Kier molecular flexibility index (Phi) is 7.05. The normalized spacial score (nSPS) is 12.8. The lowest BCUT2D eigenvalue weighted by atomic mass is 10.0. The van der Waals surface area contributed by atoms with E-state index in [1.807, 2.05) is 6.92 Å². The molecule has 0 aliphatic rings. The summed E-state index contributed by atoms with van der Waals surface area (Å²) in [6, 6.07) is 5.50. The monoisotopic (exact) mass is 322 g/mol. The molecule has 0 aliphatic carbocycles. The van der Waals surface area contributed by atoms with Gasteiger partial charge in [-0.2, -0.15) is 0 Å². The van der Waals surface area contributed by atoms with Crippen LogP contribution in [0.2, 0.25) is 0 Å². The van der Waals surface area contributed by atoms with Gasteiger partial charge in [0.15, 0.2) is 0 Å². The molecule has 2 amide bonds. The fourth-order valence-corrected chi connectivity index (χ4v) is 2.09. The quantitative estimate of drug-likeness (QED) is 0.668. The summed E-state index contributed by atoms with van der Waals surface area (Å²) in [5, 5.41) is 13.9. The summed E-state index contributed by atoms with van der Waals surface area (Å²) in [7, 11) is 0. The molecule has 0 heterocycles. The van der Waals surface area contributed by atoms with E-state index < -0.39 is 24.0 Å². The zero-order valence-electron chi connectivity index (χ0n) is 13.5. The number of para-hydroxylation sites is 1. The predicted molar refractivity (Wildman–Crippen MR) is 84.0 cm³/mol. The Balaban J connectivity index is 2.95. The van der Waals surface area contributed by atoms with Crippen molar-refractivity contribution in [3.63, 3.8) is 0 Å². The van der Waals surface area contributed by atoms with Gasteiger partial charge in [-0.1, -0.05) is 18.2 Å². The van der Waals surface area contributed by atoms with Gasteiger partial charge in [0, 0.05) is 12.5 Å². The van der Waals surface area contributed by atoms with E-state index in [-0.39, 0.29) is 12.3 Å². The molecule has 0 spiro atoms. The average Bonchev–Trinajstić information content (AvgIpc) is 2.46. The highest BCUT2D eigenvalue weighted by molar-refractivity contribution is 5.84. The van der Waals surface area contributed by atoms with Crippen LogP contribution in [0, 0.1) is 0 Å². The molecule has 0 saturated carbocycles. The van der Waals surface area contributed by atoms with Crippen LogP contribution in [0.1, 0.15) is 38.8 Å². The second kappa shape index (κ2) is 8.77. The number of carboxylic acids is 1. The third-order valence-corrected chi connectivity index (χ3v) is 3.11. The summed E-state index contributed by atoms with van der Waals surface area (Å²) in [4.78, 5) is 34.3. The predicted octanol–water partition coefficient (Wildman–Crippen LogP) is 1.24. The van der Waals surface area contributed by atoms with Gasteiger partial charge in [0.1, 0.15) is 11.8 Å². The van der Waals surface area contributed by atoms with Crippen molar-refractivity contribution in [2.24, 2.45) is 0 Å². The highest BCUT2D eigenvalue weighted by atomic mass is 16.5. The summed E-state index contributed by atoms with van der Waals surface area (Å²) in [5.74, 6) is -1.30. The summed E-state index contributed by atoms with van der Waals surface area (Å²) in [5.41, 5.74) is 0.669. The lowest BCUT2D eigenvalue weighted by molar-refractivity contribution is -0.141. The number of carbonyl (C=O) groups excluding carboxylic acids is 2. The van der Waals surface area contributed by atoms with Crippen molar-refractivity contribution in [1.29, 1.82) is 0 Å². The third-order valence-electron chi connectivity index (χ3n) is 3.11. The zero-order chi connectivity index (χ0) is 17.4. The fraction of sp³-hybridized carbons (Fsp3) is 0.438. The van der Waals surface area contributed by atoms with Gasteiger partial charge in [-0.15, -0.1) is 0 Å². The molecule has 2 atom stereocenters. The number of nitrogens with one attached hydrogen (secondary N) is 2. The van der Waals surface area contributed by atoms with Gasteiger partial charge >= 0.3 is 5.97 Å². The molecular formula is C16H22N2O5. The smallest absolute Gasteiger partial charge is 0.325 e. The Morgan fingerprint density at radius 3 is 2.43 bits per heavy atom. The van der Waals surface area contributed by atoms with Gasteiger partial charge in [0.05, 0.1) is 19.1 Å². The van der Waals surface area contributed by atoms with E-state index in [1.165, 1.54) is 13.8 Å². The van der Waals surface area contributed by atoms with Crippen molar-refractivity contribution in [3.05, 3.63) is 29.8 Å². The second-order valence-corrected chi connectivity index (χ2v) is 5.06. The number of amides is 2. The number of benzene rings is 1. The number of rotatable bonds is 8. The van der Waals surface area contributed by atoms with E-state index in [2.05, 4.69) is 10.6 Å². The molecule has 126 valence electrons. The third kappa shape index (κ3) is 5.98. The first-order chi connectivity index (χ1) is 10.8. The number of hydrogen-bond donors (Lipinski definition) is 3. The number of carboxylic acid groups (broad SMARTS) is 1. The standard InChI is InChI=1S/C16H22N2O5/c1-4-23-14-8-6-5-7-12(14)13(18-11(3)19)9-15(20)17-10(2)16(21)22/h5-8,10,13H,4,9H2,1-3H3,(H,17,20)(H,18,19)(H,21,22)/t10-,13?/m0/s1. The minimum absolute atomic E-state index is 0.0821. The summed E-state index contributed by atoms with van der Waals surface area (Å²) in [6.45, 7) is 5.02. The van der Waals surface area contributed by atoms with Crippen molar-refractivity contribution in [1.82, 2.24) is 10.6 Å². The maximum atomic E-state index is 12.0. The molecule has 0 fully saturated rings. The van der Waals surface area contributed by atoms with Crippen LogP contribution in [0.25, 0.3) is 0 Å². The van der Waals surface area contributed by atoms with Gasteiger partial charge in [-0.3, -0.25) is 14.4 Å². The molecule has 0 aliphatic heterocycles. The molecule has 7 nitrogen and oxygen atoms in total. The van der Waals surface area contributed by atoms with E-state index in [4.69, 9.17) is 9.84 Å². The molecular weight excluding hydrogens is 300 g/mol. The Hall–Kier alpha value is -2.57. The van der Waals surface area contributed by atoms with Crippen LogP contribution in [0.4, 0.5) is 0 Å². The topological polar surface area (TPSA) is 105 Å².